The molecule has 1 aliphatic rings. The van der Waals surface area contributed by atoms with Crippen molar-refractivity contribution in [2.45, 2.75) is 31.6 Å². The molecule has 0 spiro atoms. The van der Waals surface area contributed by atoms with Crippen molar-refractivity contribution >= 4 is 12.0 Å². The number of β-lactam (4-membered cyclic amide) rings is 1. The van der Waals surface area contributed by atoms with E-state index in [0.29, 0.717) is 17.2 Å². The van der Waals surface area contributed by atoms with Crippen LogP contribution in [-0.2, 0) is 17.9 Å². The molecular formula is C24H26N2O6. The largest absolute Gasteiger partial charge is 0.497 e. The van der Waals surface area contributed by atoms with Gasteiger partial charge in [-0.25, -0.2) is 4.79 Å². The van der Waals surface area contributed by atoms with Gasteiger partial charge in [0.15, 0.2) is 0 Å². The molecule has 8 nitrogen and oxygen atoms in total. The van der Waals surface area contributed by atoms with E-state index in [9.17, 15) is 14.7 Å². The number of nitrogens with zero attached hydrogens (tertiary/aromatic N) is 2. The second kappa shape index (κ2) is 9.96. The van der Waals surface area contributed by atoms with Gasteiger partial charge < -0.3 is 24.2 Å². The maximum absolute atomic E-state index is 13.1. The molecule has 1 aliphatic heterocycles. The molecule has 1 heterocycles. The Morgan fingerprint density at radius 3 is 2.31 bits per heavy atom. The van der Waals surface area contributed by atoms with Gasteiger partial charge in [0.25, 0.3) is 0 Å². The van der Waals surface area contributed by atoms with E-state index < -0.39 is 18.2 Å². The molecule has 1 saturated heterocycles. The zero-order valence-electron chi connectivity index (χ0n) is 18.3. The SMILES string of the molecule is C#CC[C@@H]1[C@H](N(Cc2ccc(OC)cc2)C(=O)O)C(=O)N1Cc1ccc(OC)cc1OC. The summed E-state index contributed by atoms with van der Waals surface area (Å²) in [5.74, 6) is 4.16. The second-order valence-electron chi connectivity index (χ2n) is 7.32. The van der Waals surface area contributed by atoms with Crippen LogP contribution in [0.3, 0.4) is 0 Å². The summed E-state index contributed by atoms with van der Waals surface area (Å²) < 4.78 is 15.8. The fourth-order valence-electron chi connectivity index (χ4n) is 3.84. The van der Waals surface area contributed by atoms with Crippen LogP contribution < -0.4 is 14.2 Å². The number of hydrogen-bond acceptors (Lipinski definition) is 5. The minimum atomic E-state index is -1.18. The summed E-state index contributed by atoms with van der Waals surface area (Å²) >= 11 is 0. The third-order valence-corrected chi connectivity index (χ3v) is 5.56. The average Bonchev–Trinajstić information content (AvgIpc) is 2.81. The number of terminal acetylenes is 1. The molecule has 8 heteroatoms. The van der Waals surface area contributed by atoms with Crippen molar-refractivity contribution in [1.29, 1.82) is 0 Å². The number of rotatable bonds is 9. The Balaban J connectivity index is 1.81. The van der Waals surface area contributed by atoms with Crippen molar-refractivity contribution in [3.63, 3.8) is 0 Å². The van der Waals surface area contributed by atoms with Gasteiger partial charge in [0.05, 0.1) is 27.4 Å². The monoisotopic (exact) mass is 438 g/mol. The van der Waals surface area contributed by atoms with Crippen LogP contribution in [0.2, 0.25) is 0 Å². The van der Waals surface area contributed by atoms with Crippen molar-refractivity contribution < 1.29 is 28.9 Å². The summed E-state index contributed by atoms with van der Waals surface area (Å²) in [6.45, 7) is 0.321. The molecule has 3 rings (SSSR count). The van der Waals surface area contributed by atoms with Crippen LogP contribution in [0.25, 0.3) is 0 Å². The van der Waals surface area contributed by atoms with Crippen molar-refractivity contribution in [2.24, 2.45) is 0 Å². The maximum atomic E-state index is 13.1. The highest BCUT2D eigenvalue weighted by molar-refractivity contribution is 5.92. The van der Waals surface area contributed by atoms with E-state index in [1.165, 1.54) is 0 Å². The van der Waals surface area contributed by atoms with Gasteiger partial charge in [0, 0.05) is 31.1 Å². The number of carbonyl (C=O) groups is 2. The number of methoxy groups -OCH3 is 3. The molecule has 2 aromatic carbocycles. The lowest BCUT2D eigenvalue weighted by molar-refractivity contribution is -0.159. The standard InChI is InChI=1S/C24H26N2O6/c1-5-6-20-22(26(24(28)29)14-16-7-10-18(30-2)11-8-16)23(27)25(20)15-17-9-12-19(31-3)13-21(17)32-4/h1,7-13,20,22H,6,14-15H2,2-4H3,(H,28,29)/t20-,22+/m1/s1. The van der Waals surface area contributed by atoms with Crippen LogP contribution in [0.15, 0.2) is 42.5 Å². The first-order valence-electron chi connectivity index (χ1n) is 10.0. The Bertz CT molecular complexity index is 1010. The molecule has 0 bridgehead atoms. The Morgan fingerprint density at radius 1 is 1.09 bits per heavy atom. The molecule has 0 radical (unpaired) electrons. The van der Waals surface area contributed by atoms with Crippen molar-refractivity contribution in [3.05, 3.63) is 53.6 Å². The Kier molecular flexibility index (Phi) is 7.11. The highest BCUT2D eigenvalue weighted by Crippen LogP contribution is 2.34. The van der Waals surface area contributed by atoms with E-state index in [-0.39, 0.29) is 25.4 Å². The molecule has 32 heavy (non-hydrogen) atoms. The second-order valence-corrected chi connectivity index (χ2v) is 7.32. The van der Waals surface area contributed by atoms with Crippen LogP contribution in [0.5, 0.6) is 17.2 Å². The molecule has 1 fully saturated rings. The molecule has 0 aromatic heterocycles. The first-order chi connectivity index (χ1) is 15.4. The summed E-state index contributed by atoms with van der Waals surface area (Å²) in [5, 5.41) is 9.84. The summed E-state index contributed by atoms with van der Waals surface area (Å²) in [5.41, 5.74) is 1.52. The maximum Gasteiger partial charge on any atom is 0.408 e. The molecule has 0 aliphatic carbocycles. The number of carbonyl (C=O) groups excluding carboxylic acids is 1. The van der Waals surface area contributed by atoms with Gasteiger partial charge in [-0.3, -0.25) is 9.69 Å². The first kappa shape index (κ1) is 22.8. The fraction of sp³-hybridized carbons (Fsp3) is 0.333. The zero-order valence-corrected chi connectivity index (χ0v) is 18.3. The van der Waals surface area contributed by atoms with Crippen LogP contribution in [0.1, 0.15) is 17.5 Å². The van der Waals surface area contributed by atoms with E-state index in [1.54, 1.807) is 62.6 Å². The quantitative estimate of drug-likeness (QED) is 0.478. The highest BCUT2D eigenvalue weighted by Gasteiger charge is 2.51. The third-order valence-electron chi connectivity index (χ3n) is 5.56. The van der Waals surface area contributed by atoms with E-state index in [0.717, 1.165) is 16.0 Å². The molecule has 168 valence electrons. The van der Waals surface area contributed by atoms with Gasteiger partial charge in [-0.15, -0.1) is 12.3 Å². The predicted octanol–water partition coefficient (Wildman–Crippen LogP) is 3.00. The molecule has 1 N–H and O–H groups in total. The zero-order chi connectivity index (χ0) is 23.3. The summed E-state index contributed by atoms with van der Waals surface area (Å²) in [4.78, 5) is 27.9. The van der Waals surface area contributed by atoms with Crippen molar-refractivity contribution in [2.75, 3.05) is 21.3 Å². The van der Waals surface area contributed by atoms with E-state index >= 15 is 0 Å². The number of benzene rings is 2. The van der Waals surface area contributed by atoms with E-state index in [2.05, 4.69) is 5.92 Å². The Hall–Kier alpha value is -3.86. The highest BCUT2D eigenvalue weighted by atomic mass is 16.5. The molecule has 2 aromatic rings. The van der Waals surface area contributed by atoms with Crippen molar-refractivity contribution in [1.82, 2.24) is 9.80 Å². The van der Waals surface area contributed by atoms with Gasteiger partial charge >= 0.3 is 6.09 Å². The lowest BCUT2D eigenvalue weighted by Crippen LogP contribution is -2.70. The first-order valence-corrected chi connectivity index (χ1v) is 10.0. The van der Waals surface area contributed by atoms with Gasteiger partial charge in [0.2, 0.25) is 5.91 Å². The van der Waals surface area contributed by atoms with Gasteiger partial charge in [-0.1, -0.05) is 12.1 Å². The third kappa shape index (κ3) is 4.57. The van der Waals surface area contributed by atoms with Gasteiger partial charge in [-0.05, 0) is 29.8 Å². The number of hydrogen-bond donors (Lipinski definition) is 1. The number of ether oxygens (including phenoxy) is 3. The minimum Gasteiger partial charge on any atom is -0.497 e. The van der Waals surface area contributed by atoms with Crippen LogP contribution >= 0.6 is 0 Å². The molecule has 2 atom stereocenters. The van der Waals surface area contributed by atoms with Crippen LogP contribution in [0.4, 0.5) is 4.79 Å². The molecular weight excluding hydrogens is 412 g/mol. The summed E-state index contributed by atoms with van der Waals surface area (Å²) in [6, 6.07) is 11.1. The summed E-state index contributed by atoms with van der Waals surface area (Å²) in [7, 11) is 4.66. The molecule has 0 unspecified atom stereocenters. The topological polar surface area (TPSA) is 88.5 Å². The average molecular weight is 438 g/mol. The number of carboxylic acid groups (broad SMARTS) is 1. The fourth-order valence-corrected chi connectivity index (χ4v) is 3.84. The smallest absolute Gasteiger partial charge is 0.408 e. The Morgan fingerprint density at radius 2 is 1.75 bits per heavy atom. The normalized spacial score (nSPS) is 17.2. The lowest BCUT2D eigenvalue weighted by atomic mass is 9.89. The number of likely N-dealkylation sites (tertiary alicyclic amines) is 1. The predicted molar refractivity (Wildman–Crippen MR) is 118 cm³/mol. The number of amides is 2. The van der Waals surface area contributed by atoms with Crippen LogP contribution in [0, 0.1) is 12.3 Å². The lowest BCUT2D eigenvalue weighted by Gasteiger charge is -2.50. The minimum absolute atomic E-state index is 0.0660. The molecule has 0 saturated carbocycles. The van der Waals surface area contributed by atoms with E-state index in [1.807, 2.05) is 6.07 Å². The van der Waals surface area contributed by atoms with E-state index in [4.69, 9.17) is 20.6 Å². The Labute approximate surface area is 187 Å². The van der Waals surface area contributed by atoms with Crippen LogP contribution in [-0.4, -0.2) is 60.3 Å². The van der Waals surface area contributed by atoms with Crippen molar-refractivity contribution in [3.8, 4) is 29.6 Å². The molecule has 2 amide bonds. The van der Waals surface area contributed by atoms with Gasteiger partial charge in [0.1, 0.15) is 23.3 Å². The summed E-state index contributed by atoms with van der Waals surface area (Å²) in [6.07, 6.45) is 4.61. The van der Waals surface area contributed by atoms with Gasteiger partial charge in [-0.2, -0.15) is 0 Å².